The second-order valence-electron chi connectivity index (χ2n) is 5.01. The van der Waals surface area contributed by atoms with Crippen LogP contribution in [0.4, 0.5) is 4.39 Å². The van der Waals surface area contributed by atoms with E-state index in [1.165, 1.54) is 11.3 Å². The molecular formula is C13H16FN3O3S. The minimum atomic E-state index is -1.52. The van der Waals surface area contributed by atoms with E-state index < -0.39 is 24.6 Å². The lowest BCUT2D eigenvalue weighted by Gasteiger charge is -2.09. The van der Waals surface area contributed by atoms with Crippen LogP contribution in [0.2, 0.25) is 0 Å². The molecule has 2 rings (SSSR count). The van der Waals surface area contributed by atoms with Crippen molar-refractivity contribution < 1.29 is 19.1 Å². The monoisotopic (exact) mass is 313 g/mol. The molecule has 0 saturated heterocycles. The lowest BCUT2D eigenvalue weighted by atomic mass is 10.1. The lowest BCUT2D eigenvalue weighted by Crippen LogP contribution is -2.42. The summed E-state index contributed by atoms with van der Waals surface area (Å²) in [5.74, 6) is -1.77. The van der Waals surface area contributed by atoms with Gasteiger partial charge in [0.1, 0.15) is 11.5 Å². The number of carbonyl (C=O) groups excluding carboxylic acids is 1. The Bertz CT molecular complexity index is 692. The predicted octanol–water partition coefficient (Wildman–Crippen LogP) is 1.91. The molecule has 0 aliphatic heterocycles. The Hall–Kier alpha value is -1.96. The molecule has 114 valence electrons. The number of carboxylic acid groups (broad SMARTS) is 1. The zero-order valence-corrected chi connectivity index (χ0v) is 12.7. The highest BCUT2D eigenvalue weighted by Crippen LogP contribution is 2.31. The number of hydrogen-bond donors (Lipinski definition) is 2. The summed E-state index contributed by atoms with van der Waals surface area (Å²) in [5, 5.41) is 16.2. The average Bonchev–Trinajstić information content (AvgIpc) is 2.96. The van der Waals surface area contributed by atoms with Gasteiger partial charge in [-0.1, -0.05) is 13.8 Å². The smallest absolute Gasteiger partial charge is 0.328 e. The summed E-state index contributed by atoms with van der Waals surface area (Å²) in [4.78, 5) is 23.9. The fraction of sp³-hybridized carbons (Fsp3) is 0.462. The number of aliphatic carboxylic acids is 1. The fourth-order valence-electron chi connectivity index (χ4n) is 2.00. The van der Waals surface area contributed by atoms with Gasteiger partial charge in [0.15, 0.2) is 6.04 Å². The van der Waals surface area contributed by atoms with Gasteiger partial charge in [-0.3, -0.25) is 9.48 Å². The van der Waals surface area contributed by atoms with Crippen molar-refractivity contribution in [2.24, 2.45) is 7.05 Å². The van der Waals surface area contributed by atoms with Crippen LogP contribution in [0.3, 0.4) is 0 Å². The Morgan fingerprint density at radius 3 is 2.71 bits per heavy atom. The minimum absolute atomic E-state index is 0.205. The second kappa shape index (κ2) is 5.80. The highest BCUT2D eigenvalue weighted by atomic mass is 32.1. The van der Waals surface area contributed by atoms with Crippen molar-refractivity contribution in [2.75, 3.05) is 6.67 Å². The molecule has 1 unspecified atom stereocenters. The van der Waals surface area contributed by atoms with E-state index in [1.807, 2.05) is 13.8 Å². The van der Waals surface area contributed by atoms with Crippen LogP contribution < -0.4 is 5.32 Å². The van der Waals surface area contributed by atoms with Crippen LogP contribution in [0.15, 0.2) is 6.07 Å². The van der Waals surface area contributed by atoms with Crippen molar-refractivity contribution in [2.45, 2.75) is 25.8 Å². The first-order chi connectivity index (χ1) is 9.85. The van der Waals surface area contributed by atoms with E-state index in [-0.39, 0.29) is 5.92 Å². The first-order valence-corrected chi connectivity index (χ1v) is 7.22. The number of amides is 1. The van der Waals surface area contributed by atoms with Gasteiger partial charge in [-0.2, -0.15) is 5.10 Å². The molecule has 1 atom stereocenters. The zero-order chi connectivity index (χ0) is 15.7. The number of hydrogen-bond acceptors (Lipinski definition) is 4. The van der Waals surface area contributed by atoms with Gasteiger partial charge in [0.2, 0.25) is 0 Å². The minimum Gasteiger partial charge on any atom is -0.480 e. The maximum absolute atomic E-state index is 12.6. The van der Waals surface area contributed by atoms with Gasteiger partial charge in [-0.15, -0.1) is 11.3 Å². The standard InChI is InChI=1S/C13H16FN3O3S/c1-6(2)10-7-4-9(21-12(7)17(3)16-10)11(18)15-8(5-14)13(19)20/h4,6,8H,5H2,1-3H3,(H,15,18)(H,19,20). The summed E-state index contributed by atoms with van der Waals surface area (Å²) in [6.07, 6.45) is 0. The molecule has 0 aliphatic carbocycles. The highest BCUT2D eigenvalue weighted by Gasteiger charge is 2.23. The summed E-state index contributed by atoms with van der Waals surface area (Å²) in [5.41, 5.74) is 0.878. The highest BCUT2D eigenvalue weighted by molar-refractivity contribution is 7.20. The van der Waals surface area contributed by atoms with Crippen LogP contribution in [0, 0.1) is 0 Å². The van der Waals surface area contributed by atoms with Crippen molar-refractivity contribution in [1.82, 2.24) is 15.1 Å². The fourth-order valence-corrected chi connectivity index (χ4v) is 2.98. The topological polar surface area (TPSA) is 84.2 Å². The first kappa shape index (κ1) is 15.4. The Balaban J connectivity index is 2.33. The van der Waals surface area contributed by atoms with Crippen LogP contribution in [-0.4, -0.2) is 39.5 Å². The number of carboxylic acids is 1. The van der Waals surface area contributed by atoms with Crippen LogP contribution in [0.25, 0.3) is 10.2 Å². The van der Waals surface area contributed by atoms with Crippen molar-refractivity contribution in [3.05, 3.63) is 16.6 Å². The van der Waals surface area contributed by atoms with Gasteiger partial charge in [0.25, 0.3) is 5.91 Å². The molecule has 1 amide bonds. The number of alkyl halides is 1. The molecule has 21 heavy (non-hydrogen) atoms. The number of carbonyl (C=O) groups is 2. The number of fused-ring (bicyclic) bond motifs is 1. The SMILES string of the molecule is CC(C)c1nn(C)c2sc(C(=O)NC(CF)C(=O)O)cc12. The molecule has 2 aromatic heterocycles. The molecule has 0 radical (unpaired) electrons. The van der Waals surface area contributed by atoms with Gasteiger partial charge in [-0.25, -0.2) is 9.18 Å². The largest absolute Gasteiger partial charge is 0.480 e. The molecule has 2 aromatic rings. The van der Waals surface area contributed by atoms with Gasteiger partial charge in [0, 0.05) is 12.4 Å². The Morgan fingerprint density at radius 1 is 1.52 bits per heavy atom. The third-order valence-corrected chi connectivity index (χ3v) is 4.27. The molecule has 0 saturated carbocycles. The molecule has 0 aliphatic rings. The maximum atomic E-state index is 12.6. The Kier molecular flexibility index (Phi) is 4.26. The van der Waals surface area contributed by atoms with Crippen molar-refractivity contribution in [1.29, 1.82) is 0 Å². The van der Waals surface area contributed by atoms with Crippen LogP contribution >= 0.6 is 11.3 Å². The van der Waals surface area contributed by atoms with E-state index in [2.05, 4.69) is 10.4 Å². The summed E-state index contributed by atoms with van der Waals surface area (Å²) in [6.45, 7) is 2.86. The van der Waals surface area contributed by atoms with Crippen LogP contribution in [0.5, 0.6) is 0 Å². The molecule has 8 heteroatoms. The van der Waals surface area contributed by atoms with Gasteiger partial charge in [-0.05, 0) is 12.0 Å². The molecule has 6 nitrogen and oxygen atoms in total. The predicted molar refractivity (Wildman–Crippen MR) is 77.5 cm³/mol. The normalized spacial score (nSPS) is 12.8. The number of aromatic nitrogens is 2. The molecule has 0 fully saturated rings. The number of aryl methyl sites for hydroxylation is 1. The number of rotatable bonds is 5. The van der Waals surface area contributed by atoms with E-state index in [0.717, 1.165) is 15.9 Å². The maximum Gasteiger partial charge on any atom is 0.328 e. The summed E-state index contributed by atoms with van der Waals surface area (Å²) < 4.78 is 14.2. The third kappa shape index (κ3) is 2.90. The first-order valence-electron chi connectivity index (χ1n) is 6.41. The molecule has 0 bridgehead atoms. The third-order valence-electron chi connectivity index (χ3n) is 3.07. The van der Waals surface area contributed by atoms with Crippen molar-refractivity contribution in [3.63, 3.8) is 0 Å². The molecule has 2 N–H and O–H groups in total. The Morgan fingerprint density at radius 2 is 2.19 bits per heavy atom. The summed E-state index contributed by atoms with van der Waals surface area (Å²) in [7, 11) is 1.79. The number of nitrogens with zero attached hydrogens (tertiary/aromatic N) is 2. The van der Waals surface area contributed by atoms with Gasteiger partial charge >= 0.3 is 5.97 Å². The van der Waals surface area contributed by atoms with E-state index in [4.69, 9.17) is 5.11 Å². The summed E-state index contributed by atoms with van der Waals surface area (Å²) in [6, 6.07) is 0.153. The molecule has 0 aromatic carbocycles. The van der Waals surface area contributed by atoms with Crippen molar-refractivity contribution >= 4 is 33.4 Å². The van der Waals surface area contributed by atoms with Crippen LogP contribution in [-0.2, 0) is 11.8 Å². The molecule has 2 heterocycles. The quantitative estimate of drug-likeness (QED) is 0.883. The molecule has 0 spiro atoms. The number of nitrogens with one attached hydrogen (secondary N) is 1. The zero-order valence-electron chi connectivity index (χ0n) is 11.9. The van der Waals surface area contributed by atoms with Gasteiger partial charge < -0.3 is 10.4 Å². The molecular weight excluding hydrogens is 297 g/mol. The van der Waals surface area contributed by atoms with E-state index in [0.29, 0.717) is 4.88 Å². The summed E-state index contributed by atoms with van der Waals surface area (Å²) >= 11 is 1.21. The number of thiophene rings is 1. The van der Waals surface area contributed by atoms with Gasteiger partial charge in [0.05, 0.1) is 10.6 Å². The second-order valence-corrected chi connectivity index (χ2v) is 6.04. The van der Waals surface area contributed by atoms with Crippen molar-refractivity contribution in [3.8, 4) is 0 Å². The van der Waals surface area contributed by atoms with E-state index in [9.17, 15) is 14.0 Å². The van der Waals surface area contributed by atoms with E-state index >= 15 is 0 Å². The Labute approximate surface area is 124 Å². The van der Waals surface area contributed by atoms with E-state index in [1.54, 1.807) is 17.8 Å². The average molecular weight is 313 g/mol. The number of halogens is 1. The lowest BCUT2D eigenvalue weighted by molar-refractivity contribution is -0.139. The van der Waals surface area contributed by atoms with Crippen LogP contribution in [0.1, 0.15) is 35.1 Å².